The van der Waals surface area contributed by atoms with Gasteiger partial charge in [-0.3, -0.25) is 24.0 Å². The maximum atomic E-state index is 10.0. The van der Waals surface area contributed by atoms with Gasteiger partial charge in [0.25, 0.3) is 0 Å². The van der Waals surface area contributed by atoms with Gasteiger partial charge >= 0.3 is 29.8 Å². The van der Waals surface area contributed by atoms with Crippen molar-refractivity contribution in [2.75, 3.05) is 0 Å². The van der Waals surface area contributed by atoms with Crippen LogP contribution in [0.3, 0.4) is 0 Å². The molecule has 0 saturated heterocycles. The smallest absolute Gasteiger partial charge is 0.320 e. The zero-order valence-corrected chi connectivity index (χ0v) is 31.6. The van der Waals surface area contributed by atoms with Crippen molar-refractivity contribution in [2.24, 2.45) is 58.3 Å². The number of nitrogens with two attached hydrogens (primary N) is 5. The van der Waals surface area contributed by atoms with Gasteiger partial charge in [0.15, 0.2) is 0 Å². The van der Waals surface area contributed by atoms with Crippen LogP contribution in [0.2, 0.25) is 0 Å². The zero-order valence-electron chi connectivity index (χ0n) is 27.5. The monoisotopic (exact) mass is 765 g/mol. The summed E-state index contributed by atoms with van der Waals surface area (Å²) in [6, 6.07) is -3.56. The van der Waals surface area contributed by atoms with E-state index in [1.54, 1.807) is 69.2 Å². The number of halogens is 5. The van der Waals surface area contributed by atoms with Gasteiger partial charge in [-0.25, -0.2) is 0 Å². The second kappa shape index (κ2) is 38.8. The molecular formula is C25H60Cl5N5O10. The van der Waals surface area contributed by atoms with Crippen LogP contribution in [0.4, 0.5) is 0 Å². The van der Waals surface area contributed by atoms with Crippen LogP contribution in [0.1, 0.15) is 69.2 Å². The van der Waals surface area contributed by atoms with Crippen LogP contribution in [-0.2, 0) is 24.0 Å². The number of carboxylic acids is 5. The average molecular weight is 768 g/mol. The third-order valence-electron chi connectivity index (χ3n) is 5.02. The van der Waals surface area contributed by atoms with Gasteiger partial charge in [-0.1, -0.05) is 69.2 Å². The Bertz CT molecular complexity index is 614. The molecule has 0 fully saturated rings. The fourth-order valence-corrected chi connectivity index (χ4v) is 1.43. The molecule has 15 N–H and O–H groups in total. The molecular weight excluding hydrogens is 708 g/mol. The lowest BCUT2D eigenvalue weighted by Crippen LogP contribution is -2.34. The summed E-state index contributed by atoms with van der Waals surface area (Å²) in [5, 5.41) is 41.1. The Hall–Kier alpha value is -1.40. The van der Waals surface area contributed by atoms with Crippen LogP contribution in [0.25, 0.3) is 0 Å². The summed E-state index contributed by atoms with van der Waals surface area (Å²) in [5.41, 5.74) is 25.8. The van der Waals surface area contributed by atoms with Crippen molar-refractivity contribution in [3.8, 4) is 0 Å². The normalized spacial score (nSPS) is 12.4. The molecule has 0 aliphatic carbocycles. The quantitative estimate of drug-likeness (QED) is 0.153. The van der Waals surface area contributed by atoms with Crippen LogP contribution in [-0.4, -0.2) is 85.6 Å². The molecule has 15 nitrogen and oxygen atoms in total. The van der Waals surface area contributed by atoms with E-state index >= 15 is 0 Å². The minimum absolute atomic E-state index is 0. The summed E-state index contributed by atoms with van der Waals surface area (Å²) in [4.78, 5) is 50.1. The van der Waals surface area contributed by atoms with Gasteiger partial charge in [-0.2, -0.15) is 0 Å². The number of rotatable bonds is 10. The van der Waals surface area contributed by atoms with E-state index in [0.717, 1.165) is 0 Å². The number of carboxylic acid groups (broad SMARTS) is 5. The van der Waals surface area contributed by atoms with Crippen molar-refractivity contribution in [3.05, 3.63) is 0 Å². The van der Waals surface area contributed by atoms with Crippen LogP contribution in [0.15, 0.2) is 0 Å². The Labute approximate surface area is 298 Å². The van der Waals surface area contributed by atoms with E-state index in [9.17, 15) is 24.0 Å². The zero-order chi connectivity index (χ0) is 33.7. The van der Waals surface area contributed by atoms with Gasteiger partial charge < -0.3 is 54.2 Å². The third-order valence-corrected chi connectivity index (χ3v) is 5.02. The highest BCUT2D eigenvalue weighted by atomic mass is 35.5. The highest BCUT2D eigenvalue weighted by Gasteiger charge is 2.16. The molecule has 0 amide bonds. The molecule has 0 saturated carbocycles. The predicted octanol–water partition coefficient (Wildman–Crippen LogP) is 2.38. The Morgan fingerprint density at radius 1 is 0.311 bits per heavy atom. The largest absolute Gasteiger partial charge is 0.480 e. The van der Waals surface area contributed by atoms with E-state index in [2.05, 4.69) is 0 Å². The predicted molar refractivity (Wildman–Crippen MR) is 188 cm³/mol. The molecule has 20 heteroatoms. The molecule has 0 radical (unpaired) electrons. The van der Waals surface area contributed by atoms with Crippen molar-refractivity contribution >= 4 is 91.9 Å². The molecule has 0 aromatic heterocycles. The van der Waals surface area contributed by atoms with E-state index in [1.807, 2.05) is 0 Å². The van der Waals surface area contributed by atoms with E-state index in [1.165, 1.54) is 0 Å². The lowest BCUT2D eigenvalue weighted by Gasteiger charge is -2.07. The molecule has 0 unspecified atom stereocenters. The maximum Gasteiger partial charge on any atom is 0.320 e. The lowest BCUT2D eigenvalue weighted by molar-refractivity contribution is -0.140. The first-order valence-electron chi connectivity index (χ1n) is 12.7. The van der Waals surface area contributed by atoms with E-state index in [-0.39, 0.29) is 91.6 Å². The summed E-state index contributed by atoms with van der Waals surface area (Å²) < 4.78 is 0. The van der Waals surface area contributed by atoms with E-state index < -0.39 is 60.1 Å². The molecule has 5 atom stereocenters. The van der Waals surface area contributed by atoms with Crippen LogP contribution in [0, 0.1) is 29.6 Å². The van der Waals surface area contributed by atoms with E-state index in [4.69, 9.17) is 54.2 Å². The van der Waals surface area contributed by atoms with Crippen LogP contribution in [0.5, 0.6) is 0 Å². The summed E-state index contributed by atoms with van der Waals surface area (Å²) in [7, 11) is 0. The Morgan fingerprint density at radius 3 is 0.378 bits per heavy atom. The van der Waals surface area contributed by atoms with Crippen LogP contribution < -0.4 is 28.7 Å². The topological polar surface area (TPSA) is 317 Å². The third kappa shape index (κ3) is 47.1. The summed E-state index contributed by atoms with van der Waals surface area (Å²) in [5.74, 6) is -4.55. The standard InChI is InChI=1S/5C5H11NO2.5ClH/c5*1-3(2)4(6)5(7)8;;;;;/h5*3-4H,6H2,1-2H3,(H,7,8);5*1H/t5*4-;;;;;/m00000...../s1. The van der Waals surface area contributed by atoms with Crippen molar-refractivity contribution in [1.82, 2.24) is 0 Å². The second-order valence-electron chi connectivity index (χ2n) is 10.5. The summed E-state index contributed by atoms with van der Waals surface area (Å²) >= 11 is 0. The molecule has 0 heterocycles. The van der Waals surface area contributed by atoms with Crippen molar-refractivity contribution in [1.29, 1.82) is 0 Å². The van der Waals surface area contributed by atoms with Gasteiger partial charge in [-0.15, -0.1) is 62.0 Å². The van der Waals surface area contributed by atoms with Gasteiger partial charge in [0.1, 0.15) is 30.2 Å². The molecule has 45 heavy (non-hydrogen) atoms. The van der Waals surface area contributed by atoms with Gasteiger partial charge in [0.05, 0.1) is 0 Å². The molecule has 0 bridgehead atoms. The maximum absolute atomic E-state index is 10.0. The summed E-state index contributed by atoms with van der Waals surface area (Å²) in [6.45, 7) is 17.8. The molecule has 0 rings (SSSR count). The molecule has 0 aliphatic rings. The molecule has 0 aliphatic heterocycles. The van der Waals surface area contributed by atoms with E-state index in [0.29, 0.717) is 0 Å². The summed E-state index contributed by atoms with van der Waals surface area (Å²) in [6.07, 6.45) is 0. The number of hydrogen-bond donors (Lipinski definition) is 10. The highest BCUT2D eigenvalue weighted by molar-refractivity contribution is 5.86. The Morgan fingerprint density at radius 2 is 0.378 bits per heavy atom. The first kappa shape index (κ1) is 70.1. The second-order valence-corrected chi connectivity index (χ2v) is 10.5. The number of carbonyl (C=O) groups is 5. The molecule has 0 aromatic rings. The molecule has 0 aromatic carbocycles. The van der Waals surface area contributed by atoms with Gasteiger partial charge in [0, 0.05) is 0 Å². The lowest BCUT2D eigenvalue weighted by atomic mass is 10.1. The van der Waals surface area contributed by atoms with Crippen molar-refractivity contribution in [2.45, 2.75) is 99.4 Å². The fourth-order valence-electron chi connectivity index (χ4n) is 1.43. The first-order chi connectivity index (χ1) is 17.8. The molecule has 0 spiro atoms. The van der Waals surface area contributed by atoms with Crippen molar-refractivity contribution < 1.29 is 49.5 Å². The fraction of sp³-hybridized carbons (Fsp3) is 0.800. The highest BCUT2D eigenvalue weighted by Crippen LogP contribution is 1.98. The molecule has 280 valence electrons. The Balaban J connectivity index is -0.0000000414. The van der Waals surface area contributed by atoms with Gasteiger partial charge in [0.2, 0.25) is 0 Å². The Kier molecular flexibility index (Phi) is 60.4. The first-order valence-corrected chi connectivity index (χ1v) is 12.7. The number of aliphatic carboxylic acids is 5. The minimum Gasteiger partial charge on any atom is -0.480 e. The SMILES string of the molecule is CC(C)[C@H](N)C(=O)O.CC(C)[C@H](N)C(=O)O.CC(C)[C@H](N)C(=O)O.CC(C)[C@H](N)C(=O)O.CC(C)[C@H](N)C(=O)O.Cl.Cl.Cl.Cl.Cl. The minimum atomic E-state index is -0.931. The van der Waals surface area contributed by atoms with Crippen molar-refractivity contribution in [3.63, 3.8) is 0 Å². The van der Waals surface area contributed by atoms with Gasteiger partial charge in [-0.05, 0) is 29.6 Å². The van der Waals surface area contributed by atoms with Crippen LogP contribution >= 0.6 is 62.0 Å². The average Bonchev–Trinajstić information content (AvgIpc) is 2.82. The number of hydrogen-bond acceptors (Lipinski definition) is 10.